The zero-order valence-electron chi connectivity index (χ0n) is 9.70. The molecule has 0 aliphatic carbocycles. The van der Waals surface area contributed by atoms with E-state index in [1.165, 1.54) is 16.7 Å². The Morgan fingerprint density at radius 1 is 1.25 bits per heavy atom. The summed E-state index contributed by atoms with van der Waals surface area (Å²) in [6.45, 7) is 4.20. The Bertz CT molecular complexity index is 438. The van der Waals surface area contributed by atoms with Crippen molar-refractivity contribution in [2.24, 2.45) is 0 Å². The van der Waals surface area contributed by atoms with Gasteiger partial charge in [-0.15, -0.1) is 0 Å². The lowest BCUT2D eigenvalue weighted by atomic mass is 9.86. The number of piperidine rings is 1. The summed E-state index contributed by atoms with van der Waals surface area (Å²) < 4.78 is 0. The second-order valence-corrected chi connectivity index (χ2v) is 5.00. The Morgan fingerprint density at radius 2 is 2.06 bits per heavy atom. The maximum atomic E-state index is 11.6. The molecular formula is C14H17NO. The van der Waals surface area contributed by atoms with Crippen molar-refractivity contribution >= 4 is 5.78 Å². The van der Waals surface area contributed by atoms with Crippen LogP contribution in [0.25, 0.3) is 0 Å². The number of carbonyl (C=O) groups excluding carboxylic acids is 1. The summed E-state index contributed by atoms with van der Waals surface area (Å²) in [4.78, 5) is 14.1. The average molecular weight is 215 g/mol. The minimum atomic E-state index is 0.366. The van der Waals surface area contributed by atoms with Crippen LogP contribution in [0.3, 0.4) is 0 Å². The minimum absolute atomic E-state index is 0.366. The first-order valence-electron chi connectivity index (χ1n) is 6.09. The van der Waals surface area contributed by atoms with Gasteiger partial charge in [-0.1, -0.05) is 23.8 Å². The summed E-state index contributed by atoms with van der Waals surface area (Å²) in [7, 11) is 0. The molecule has 0 aromatic heterocycles. The van der Waals surface area contributed by atoms with E-state index in [-0.39, 0.29) is 0 Å². The molecule has 1 saturated heterocycles. The zero-order chi connectivity index (χ0) is 11.1. The van der Waals surface area contributed by atoms with E-state index in [1.807, 2.05) is 0 Å². The van der Waals surface area contributed by atoms with E-state index >= 15 is 0 Å². The van der Waals surface area contributed by atoms with Gasteiger partial charge in [0.25, 0.3) is 0 Å². The molecule has 3 rings (SSSR count). The van der Waals surface area contributed by atoms with Crippen LogP contribution < -0.4 is 0 Å². The summed E-state index contributed by atoms with van der Waals surface area (Å²) >= 11 is 0. The van der Waals surface area contributed by atoms with Gasteiger partial charge < -0.3 is 0 Å². The lowest BCUT2D eigenvalue weighted by Crippen LogP contribution is -2.41. The molecule has 0 bridgehead atoms. The van der Waals surface area contributed by atoms with Crippen LogP contribution in [0.15, 0.2) is 18.2 Å². The molecule has 0 amide bonds. The second kappa shape index (κ2) is 3.70. The number of hydrogen-bond acceptors (Lipinski definition) is 2. The summed E-state index contributed by atoms with van der Waals surface area (Å²) in [5.74, 6) is 0.426. The van der Waals surface area contributed by atoms with Gasteiger partial charge in [-0.25, -0.2) is 0 Å². The maximum absolute atomic E-state index is 11.6. The SMILES string of the molecule is Cc1ccc2c(c1)C1CC(=O)CCN1CC2. The third kappa shape index (κ3) is 1.57. The fourth-order valence-electron chi connectivity index (χ4n) is 2.96. The highest BCUT2D eigenvalue weighted by atomic mass is 16.1. The van der Waals surface area contributed by atoms with Crippen LogP contribution in [0.4, 0.5) is 0 Å². The number of benzene rings is 1. The van der Waals surface area contributed by atoms with Crippen LogP contribution >= 0.6 is 0 Å². The molecule has 16 heavy (non-hydrogen) atoms. The van der Waals surface area contributed by atoms with Crippen molar-refractivity contribution in [1.82, 2.24) is 4.90 Å². The molecule has 1 unspecified atom stereocenters. The van der Waals surface area contributed by atoms with E-state index < -0.39 is 0 Å². The monoisotopic (exact) mass is 215 g/mol. The Hall–Kier alpha value is -1.15. The third-order valence-corrected chi connectivity index (χ3v) is 3.87. The van der Waals surface area contributed by atoms with Crippen molar-refractivity contribution in [2.45, 2.75) is 32.2 Å². The van der Waals surface area contributed by atoms with E-state index in [0.29, 0.717) is 11.8 Å². The van der Waals surface area contributed by atoms with Crippen molar-refractivity contribution in [3.8, 4) is 0 Å². The highest BCUT2D eigenvalue weighted by Crippen LogP contribution is 2.35. The highest BCUT2D eigenvalue weighted by Gasteiger charge is 2.32. The van der Waals surface area contributed by atoms with Gasteiger partial charge in [-0.05, 0) is 24.5 Å². The number of carbonyl (C=O) groups is 1. The van der Waals surface area contributed by atoms with Gasteiger partial charge in [0, 0.05) is 32.0 Å². The number of nitrogens with zero attached hydrogens (tertiary/aromatic N) is 1. The van der Waals surface area contributed by atoms with Gasteiger partial charge in [-0.2, -0.15) is 0 Å². The molecule has 2 heteroatoms. The molecule has 2 heterocycles. The molecule has 1 aromatic carbocycles. The fraction of sp³-hybridized carbons (Fsp3) is 0.500. The van der Waals surface area contributed by atoms with Crippen molar-refractivity contribution in [3.63, 3.8) is 0 Å². The molecule has 1 fully saturated rings. The molecule has 2 aliphatic rings. The number of fused-ring (bicyclic) bond motifs is 3. The first-order chi connectivity index (χ1) is 7.74. The predicted octanol–water partition coefficient (Wildman–Crippen LogP) is 2.26. The highest BCUT2D eigenvalue weighted by molar-refractivity contribution is 5.80. The largest absolute Gasteiger partial charge is 0.300 e. The first-order valence-corrected chi connectivity index (χ1v) is 6.09. The zero-order valence-corrected chi connectivity index (χ0v) is 9.70. The molecule has 0 spiro atoms. The van der Waals surface area contributed by atoms with Crippen LogP contribution in [0.2, 0.25) is 0 Å². The van der Waals surface area contributed by atoms with Gasteiger partial charge in [0.2, 0.25) is 0 Å². The molecule has 1 aromatic rings. The number of hydrogen-bond donors (Lipinski definition) is 0. The standard InChI is InChI=1S/C14H17NO/c1-10-2-3-11-4-6-15-7-5-12(16)9-14(15)13(11)8-10/h2-3,8,14H,4-7,9H2,1H3. The topological polar surface area (TPSA) is 20.3 Å². The Kier molecular flexibility index (Phi) is 2.32. The number of rotatable bonds is 0. The van der Waals surface area contributed by atoms with E-state index in [1.54, 1.807) is 0 Å². The van der Waals surface area contributed by atoms with E-state index in [4.69, 9.17) is 0 Å². The maximum Gasteiger partial charge on any atom is 0.136 e. The van der Waals surface area contributed by atoms with Crippen molar-refractivity contribution < 1.29 is 4.79 Å². The molecular weight excluding hydrogens is 198 g/mol. The first kappa shape index (κ1) is 10.0. The van der Waals surface area contributed by atoms with Crippen LogP contribution in [-0.4, -0.2) is 23.8 Å². The molecule has 0 saturated carbocycles. The summed E-state index contributed by atoms with van der Waals surface area (Å²) in [5, 5.41) is 0. The van der Waals surface area contributed by atoms with Crippen molar-refractivity contribution in [3.05, 3.63) is 34.9 Å². The summed E-state index contributed by atoms with van der Waals surface area (Å²) in [6, 6.07) is 7.05. The Balaban J connectivity index is 2.02. The van der Waals surface area contributed by atoms with Crippen LogP contribution in [0.1, 0.15) is 35.6 Å². The number of Topliss-reactive ketones (excluding diaryl/α,β-unsaturated/α-hetero) is 1. The van der Waals surface area contributed by atoms with Gasteiger partial charge in [0.15, 0.2) is 0 Å². The molecule has 0 radical (unpaired) electrons. The minimum Gasteiger partial charge on any atom is -0.300 e. The summed E-state index contributed by atoms with van der Waals surface area (Å²) in [6.07, 6.45) is 2.61. The van der Waals surface area contributed by atoms with Crippen LogP contribution in [-0.2, 0) is 11.2 Å². The lowest BCUT2D eigenvalue weighted by Gasteiger charge is -2.40. The Morgan fingerprint density at radius 3 is 2.94 bits per heavy atom. The smallest absolute Gasteiger partial charge is 0.136 e. The van der Waals surface area contributed by atoms with E-state index in [2.05, 4.69) is 30.0 Å². The van der Waals surface area contributed by atoms with Gasteiger partial charge >= 0.3 is 0 Å². The molecule has 2 aliphatic heterocycles. The molecule has 2 nitrogen and oxygen atoms in total. The van der Waals surface area contributed by atoms with Gasteiger partial charge in [-0.3, -0.25) is 9.69 Å². The Labute approximate surface area is 96.3 Å². The third-order valence-electron chi connectivity index (χ3n) is 3.87. The second-order valence-electron chi connectivity index (χ2n) is 5.00. The lowest BCUT2D eigenvalue weighted by molar-refractivity contribution is -0.123. The average Bonchev–Trinajstić information content (AvgIpc) is 2.29. The van der Waals surface area contributed by atoms with Gasteiger partial charge in [0.05, 0.1) is 0 Å². The van der Waals surface area contributed by atoms with Gasteiger partial charge in [0.1, 0.15) is 5.78 Å². The van der Waals surface area contributed by atoms with Crippen LogP contribution in [0.5, 0.6) is 0 Å². The molecule has 1 atom stereocenters. The molecule has 84 valence electrons. The molecule has 0 N–H and O–H groups in total. The quantitative estimate of drug-likeness (QED) is 0.661. The van der Waals surface area contributed by atoms with Crippen LogP contribution in [0, 0.1) is 6.92 Å². The predicted molar refractivity (Wildman–Crippen MR) is 63.4 cm³/mol. The normalized spacial score (nSPS) is 25.1. The number of ketones is 1. The number of aryl methyl sites for hydroxylation is 1. The van der Waals surface area contributed by atoms with Crippen molar-refractivity contribution in [2.75, 3.05) is 13.1 Å². The fourth-order valence-corrected chi connectivity index (χ4v) is 2.96. The van der Waals surface area contributed by atoms with E-state index in [0.717, 1.165) is 32.4 Å². The van der Waals surface area contributed by atoms with Crippen molar-refractivity contribution in [1.29, 1.82) is 0 Å². The summed E-state index contributed by atoms with van der Waals surface area (Å²) in [5.41, 5.74) is 4.15. The van der Waals surface area contributed by atoms with E-state index in [9.17, 15) is 4.79 Å².